The van der Waals surface area contributed by atoms with E-state index in [4.69, 9.17) is 0 Å². The molecule has 5 nitrogen and oxygen atoms in total. The lowest BCUT2D eigenvalue weighted by Crippen LogP contribution is -2.48. The molecule has 0 spiro atoms. The summed E-state index contributed by atoms with van der Waals surface area (Å²) >= 11 is 0. The largest absolute Gasteiger partial charge is 0.296 e. The molecular formula is C20H27N3O2S. The summed E-state index contributed by atoms with van der Waals surface area (Å²) in [5.41, 5.74) is 2.39. The topological polar surface area (TPSA) is 53.5 Å². The summed E-state index contributed by atoms with van der Waals surface area (Å²) in [5.74, 6) is 0.448. The molecule has 1 fully saturated rings. The van der Waals surface area contributed by atoms with Crippen molar-refractivity contribution in [2.24, 2.45) is 0 Å². The van der Waals surface area contributed by atoms with Gasteiger partial charge < -0.3 is 0 Å². The molecule has 1 aliphatic heterocycles. The molecule has 140 valence electrons. The van der Waals surface area contributed by atoms with Gasteiger partial charge in [0.25, 0.3) is 0 Å². The van der Waals surface area contributed by atoms with Crippen molar-refractivity contribution in [3.05, 3.63) is 59.9 Å². The molecule has 26 heavy (non-hydrogen) atoms. The Morgan fingerprint density at radius 1 is 1.00 bits per heavy atom. The maximum atomic E-state index is 12.9. The fraction of sp³-hybridized carbons (Fsp3) is 0.450. The molecule has 0 radical (unpaired) electrons. The highest BCUT2D eigenvalue weighted by molar-refractivity contribution is 7.89. The normalized spacial score (nSPS) is 17.9. The average molecular weight is 374 g/mol. The Kier molecular flexibility index (Phi) is 6.06. The summed E-state index contributed by atoms with van der Waals surface area (Å²) < 4.78 is 27.4. The molecule has 2 aromatic rings. The van der Waals surface area contributed by atoms with Crippen molar-refractivity contribution < 1.29 is 8.42 Å². The Morgan fingerprint density at radius 2 is 1.62 bits per heavy atom. The standard InChI is InChI=1S/C20H27N3O2S/c1-3-17(2)19-4-6-20(7-5-19)26(24,25)23-14-12-22(13-15-23)16-18-8-10-21-11-9-18/h4-11,17H,3,12-16H2,1-2H3. The second-order valence-corrected chi connectivity index (χ2v) is 8.85. The van der Waals surface area contributed by atoms with Gasteiger partial charge in [0, 0.05) is 45.1 Å². The number of hydrogen-bond donors (Lipinski definition) is 0. The molecular weight excluding hydrogens is 346 g/mol. The first-order valence-corrected chi connectivity index (χ1v) is 10.7. The maximum Gasteiger partial charge on any atom is 0.243 e. The molecule has 0 aliphatic carbocycles. The van der Waals surface area contributed by atoms with E-state index in [0.717, 1.165) is 26.1 Å². The van der Waals surface area contributed by atoms with Gasteiger partial charge in [0.1, 0.15) is 0 Å². The van der Waals surface area contributed by atoms with E-state index in [-0.39, 0.29) is 0 Å². The third-order valence-corrected chi connectivity index (χ3v) is 7.10. The zero-order valence-electron chi connectivity index (χ0n) is 15.5. The number of piperazine rings is 1. The lowest BCUT2D eigenvalue weighted by molar-refractivity contribution is 0.181. The van der Waals surface area contributed by atoms with Crippen LogP contribution in [0.15, 0.2) is 53.7 Å². The first kappa shape index (κ1) is 19.0. The zero-order valence-corrected chi connectivity index (χ0v) is 16.3. The van der Waals surface area contributed by atoms with Gasteiger partial charge in [-0.15, -0.1) is 0 Å². The third kappa shape index (κ3) is 4.31. The summed E-state index contributed by atoms with van der Waals surface area (Å²) in [6.45, 7) is 7.67. The SMILES string of the molecule is CCC(C)c1ccc(S(=O)(=O)N2CCN(Cc3ccncc3)CC2)cc1. The highest BCUT2D eigenvalue weighted by Gasteiger charge is 2.28. The summed E-state index contributed by atoms with van der Waals surface area (Å²) in [7, 11) is -3.41. The molecule has 0 saturated carbocycles. The van der Waals surface area contributed by atoms with Crippen LogP contribution in [0, 0.1) is 0 Å². The fourth-order valence-electron chi connectivity index (χ4n) is 3.23. The molecule has 1 unspecified atom stereocenters. The van der Waals surface area contributed by atoms with E-state index in [9.17, 15) is 8.42 Å². The Labute approximate surface area is 156 Å². The Bertz CT molecular complexity index is 799. The van der Waals surface area contributed by atoms with E-state index < -0.39 is 10.0 Å². The van der Waals surface area contributed by atoms with E-state index in [2.05, 4.69) is 23.7 Å². The first-order chi connectivity index (χ1) is 12.5. The number of pyridine rings is 1. The van der Waals surface area contributed by atoms with Crippen LogP contribution in [0.25, 0.3) is 0 Å². The summed E-state index contributed by atoms with van der Waals surface area (Å²) in [6, 6.07) is 11.4. The quantitative estimate of drug-likeness (QED) is 0.781. The highest BCUT2D eigenvalue weighted by atomic mass is 32.2. The van der Waals surface area contributed by atoms with Gasteiger partial charge in [0.15, 0.2) is 0 Å². The first-order valence-electron chi connectivity index (χ1n) is 9.22. The number of sulfonamides is 1. The third-order valence-electron chi connectivity index (χ3n) is 5.19. The summed E-state index contributed by atoms with van der Waals surface area (Å²) in [5, 5.41) is 0. The van der Waals surface area contributed by atoms with Gasteiger partial charge in [0.2, 0.25) is 10.0 Å². The highest BCUT2D eigenvalue weighted by Crippen LogP contribution is 2.23. The number of benzene rings is 1. The van der Waals surface area contributed by atoms with Gasteiger partial charge in [-0.25, -0.2) is 8.42 Å². The molecule has 1 saturated heterocycles. The molecule has 0 bridgehead atoms. The predicted molar refractivity (Wildman–Crippen MR) is 103 cm³/mol. The van der Waals surface area contributed by atoms with Crippen molar-refractivity contribution in [3.8, 4) is 0 Å². The minimum absolute atomic E-state index is 0.395. The van der Waals surface area contributed by atoms with Gasteiger partial charge in [-0.3, -0.25) is 9.88 Å². The van der Waals surface area contributed by atoms with E-state index in [1.54, 1.807) is 28.8 Å². The molecule has 0 amide bonds. The fourth-order valence-corrected chi connectivity index (χ4v) is 4.65. The molecule has 1 aromatic carbocycles. The maximum absolute atomic E-state index is 12.9. The van der Waals surface area contributed by atoms with Crippen LogP contribution < -0.4 is 0 Å². The van der Waals surface area contributed by atoms with Crippen molar-refractivity contribution >= 4 is 10.0 Å². The lowest BCUT2D eigenvalue weighted by atomic mass is 9.99. The molecule has 0 N–H and O–H groups in total. The Morgan fingerprint density at radius 3 is 2.19 bits per heavy atom. The number of rotatable bonds is 6. The molecule has 6 heteroatoms. The second kappa shape index (κ2) is 8.29. The monoisotopic (exact) mass is 373 g/mol. The van der Waals surface area contributed by atoms with Crippen molar-refractivity contribution in [1.82, 2.24) is 14.2 Å². The van der Waals surface area contributed by atoms with Crippen molar-refractivity contribution in [2.75, 3.05) is 26.2 Å². The van der Waals surface area contributed by atoms with Gasteiger partial charge in [-0.2, -0.15) is 4.31 Å². The molecule has 1 aromatic heterocycles. The number of hydrogen-bond acceptors (Lipinski definition) is 4. The zero-order chi connectivity index (χ0) is 18.6. The smallest absolute Gasteiger partial charge is 0.243 e. The van der Waals surface area contributed by atoms with Crippen LogP contribution in [0.5, 0.6) is 0 Å². The van der Waals surface area contributed by atoms with E-state index >= 15 is 0 Å². The lowest BCUT2D eigenvalue weighted by Gasteiger charge is -2.34. The second-order valence-electron chi connectivity index (χ2n) is 6.91. The number of aromatic nitrogens is 1. The van der Waals surface area contributed by atoms with Crippen LogP contribution >= 0.6 is 0 Å². The van der Waals surface area contributed by atoms with Crippen LogP contribution in [-0.4, -0.2) is 48.8 Å². The van der Waals surface area contributed by atoms with E-state index in [0.29, 0.717) is 23.9 Å². The van der Waals surface area contributed by atoms with Crippen LogP contribution in [0.3, 0.4) is 0 Å². The molecule has 1 aliphatic rings. The van der Waals surface area contributed by atoms with E-state index in [1.807, 2.05) is 24.3 Å². The van der Waals surface area contributed by atoms with Crippen LogP contribution in [-0.2, 0) is 16.6 Å². The summed E-state index contributed by atoms with van der Waals surface area (Å²) in [4.78, 5) is 6.71. The molecule has 1 atom stereocenters. The predicted octanol–water partition coefficient (Wildman–Crippen LogP) is 3.10. The van der Waals surface area contributed by atoms with Crippen LogP contribution in [0.4, 0.5) is 0 Å². The van der Waals surface area contributed by atoms with Crippen molar-refractivity contribution in [2.45, 2.75) is 37.6 Å². The van der Waals surface area contributed by atoms with E-state index in [1.165, 1.54) is 11.1 Å². The average Bonchev–Trinajstić information content (AvgIpc) is 2.68. The molecule has 3 rings (SSSR count). The van der Waals surface area contributed by atoms with Gasteiger partial charge in [-0.05, 0) is 47.7 Å². The Hall–Kier alpha value is -1.76. The summed E-state index contributed by atoms with van der Waals surface area (Å²) in [6.07, 6.45) is 4.63. The van der Waals surface area contributed by atoms with Gasteiger partial charge in [-0.1, -0.05) is 26.0 Å². The van der Waals surface area contributed by atoms with Gasteiger partial charge >= 0.3 is 0 Å². The number of nitrogens with zero attached hydrogens (tertiary/aromatic N) is 3. The Balaban J connectivity index is 1.62. The van der Waals surface area contributed by atoms with Crippen molar-refractivity contribution in [1.29, 1.82) is 0 Å². The molecule has 2 heterocycles. The van der Waals surface area contributed by atoms with Gasteiger partial charge in [0.05, 0.1) is 4.90 Å². The van der Waals surface area contributed by atoms with Crippen LogP contribution in [0.1, 0.15) is 37.3 Å². The minimum Gasteiger partial charge on any atom is -0.296 e. The minimum atomic E-state index is -3.41. The van der Waals surface area contributed by atoms with Crippen molar-refractivity contribution in [3.63, 3.8) is 0 Å². The van der Waals surface area contributed by atoms with Crippen LogP contribution in [0.2, 0.25) is 0 Å².